The van der Waals surface area contributed by atoms with E-state index in [1.54, 1.807) is 0 Å². The minimum atomic E-state index is -1.42. The predicted molar refractivity (Wildman–Crippen MR) is 72.0 cm³/mol. The van der Waals surface area contributed by atoms with Gasteiger partial charge >= 0.3 is 0 Å². The van der Waals surface area contributed by atoms with Crippen molar-refractivity contribution in [1.29, 1.82) is 0 Å². The standard InChI is InChI=1S/C9H23NOSSi2/c1-8(9(11)12)10(13(2,3)4)14(5,6)7/h8H,1-7H3,(H,11,12). The highest BCUT2D eigenvalue weighted by molar-refractivity contribution is 7.96. The first-order valence-electron chi connectivity index (χ1n) is 5.00. The van der Waals surface area contributed by atoms with E-state index in [9.17, 15) is 4.79 Å². The van der Waals surface area contributed by atoms with Gasteiger partial charge in [0.1, 0.15) is 16.5 Å². The quantitative estimate of drug-likeness (QED) is 0.611. The Hall–Kier alpha value is 0.414. The molecule has 0 fully saturated rings. The summed E-state index contributed by atoms with van der Waals surface area (Å²) in [4.78, 5) is 11.3. The number of rotatable bonds is 4. The Labute approximate surface area is 95.7 Å². The number of nitrogens with zero attached hydrogens (tertiary/aromatic N) is 1. The first-order valence-corrected chi connectivity index (χ1v) is 12.3. The third-order valence-corrected chi connectivity index (χ3v) is 10.3. The van der Waals surface area contributed by atoms with Crippen LogP contribution in [0.1, 0.15) is 6.92 Å². The molecule has 0 aromatic heterocycles. The molecule has 0 rings (SSSR count). The summed E-state index contributed by atoms with van der Waals surface area (Å²) in [6.45, 7) is 15.7. The van der Waals surface area contributed by atoms with Gasteiger partial charge < -0.3 is 4.23 Å². The molecule has 0 amide bonds. The van der Waals surface area contributed by atoms with Crippen LogP contribution in [0.5, 0.6) is 0 Å². The molecule has 0 radical (unpaired) electrons. The van der Waals surface area contributed by atoms with Crippen LogP contribution in [0.3, 0.4) is 0 Å². The van der Waals surface area contributed by atoms with Crippen molar-refractivity contribution in [3.63, 3.8) is 0 Å². The van der Waals surface area contributed by atoms with Crippen LogP contribution in [-0.2, 0) is 4.79 Å². The summed E-state index contributed by atoms with van der Waals surface area (Å²) in [5.41, 5.74) is 0. The van der Waals surface area contributed by atoms with Crippen molar-refractivity contribution in [3.05, 3.63) is 0 Å². The lowest BCUT2D eigenvalue weighted by Crippen LogP contribution is -2.63. The van der Waals surface area contributed by atoms with Crippen LogP contribution in [0.15, 0.2) is 0 Å². The molecule has 0 aliphatic carbocycles. The third kappa shape index (κ3) is 3.88. The fourth-order valence-electron chi connectivity index (χ4n) is 2.28. The van der Waals surface area contributed by atoms with Crippen molar-refractivity contribution in [3.8, 4) is 0 Å². The molecule has 0 saturated carbocycles. The molecule has 0 aromatic rings. The molecule has 14 heavy (non-hydrogen) atoms. The number of thiol groups is 1. The third-order valence-electron chi connectivity index (χ3n) is 2.19. The highest BCUT2D eigenvalue weighted by atomic mass is 32.1. The van der Waals surface area contributed by atoms with Crippen LogP contribution < -0.4 is 0 Å². The Morgan fingerprint density at radius 1 is 1.07 bits per heavy atom. The van der Waals surface area contributed by atoms with Crippen LogP contribution in [0, 0.1) is 0 Å². The van der Waals surface area contributed by atoms with Gasteiger partial charge in [0.2, 0.25) is 5.12 Å². The molecular weight excluding hydrogens is 226 g/mol. The van der Waals surface area contributed by atoms with Gasteiger partial charge in [-0.2, -0.15) is 0 Å². The van der Waals surface area contributed by atoms with Crippen molar-refractivity contribution in [2.24, 2.45) is 0 Å². The monoisotopic (exact) mass is 249 g/mol. The van der Waals surface area contributed by atoms with E-state index >= 15 is 0 Å². The summed E-state index contributed by atoms with van der Waals surface area (Å²) in [5.74, 6) is 0. The Balaban J connectivity index is 5.03. The molecule has 2 nitrogen and oxygen atoms in total. The van der Waals surface area contributed by atoms with Gasteiger partial charge in [0.25, 0.3) is 0 Å². The molecule has 0 spiro atoms. The molecule has 84 valence electrons. The second-order valence-corrected chi connectivity index (χ2v) is 16.3. The average Bonchev–Trinajstić information content (AvgIpc) is 1.79. The van der Waals surface area contributed by atoms with E-state index in [2.05, 4.69) is 56.1 Å². The largest absolute Gasteiger partial charge is 0.336 e. The predicted octanol–water partition coefficient (Wildman–Crippen LogP) is 2.80. The number of carbonyl (C=O) groups is 1. The summed E-state index contributed by atoms with van der Waals surface area (Å²) in [6, 6.07) is -0.0309. The molecular formula is C9H23NOSSi2. The topological polar surface area (TPSA) is 20.3 Å². The number of hydrogen-bond donors (Lipinski definition) is 1. The van der Waals surface area contributed by atoms with Crippen LogP contribution in [0.4, 0.5) is 0 Å². The molecule has 1 atom stereocenters. The smallest absolute Gasteiger partial charge is 0.201 e. The van der Waals surface area contributed by atoms with E-state index < -0.39 is 16.5 Å². The van der Waals surface area contributed by atoms with E-state index in [0.29, 0.717) is 0 Å². The van der Waals surface area contributed by atoms with Gasteiger partial charge in [-0.25, -0.2) is 0 Å². The van der Waals surface area contributed by atoms with E-state index in [1.807, 2.05) is 6.92 Å². The molecule has 0 bridgehead atoms. The summed E-state index contributed by atoms with van der Waals surface area (Å²) >= 11 is 3.96. The average molecular weight is 250 g/mol. The Kier molecular flexibility index (Phi) is 4.64. The number of hydrogen-bond acceptors (Lipinski definition) is 2. The maximum atomic E-state index is 11.3. The van der Waals surface area contributed by atoms with Crippen LogP contribution >= 0.6 is 12.6 Å². The number of carbonyl (C=O) groups excluding carboxylic acids is 1. The highest BCUT2D eigenvalue weighted by Gasteiger charge is 2.39. The minimum absolute atomic E-state index is 0.00477. The van der Waals surface area contributed by atoms with Gasteiger partial charge in [-0.05, 0) is 6.92 Å². The first-order chi connectivity index (χ1) is 5.98. The van der Waals surface area contributed by atoms with Crippen LogP contribution in [0.2, 0.25) is 39.3 Å². The van der Waals surface area contributed by atoms with E-state index in [1.165, 1.54) is 0 Å². The van der Waals surface area contributed by atoms with Gasteiger partial charge in [-0.1, -0.05) is 39.3 Å². The maximum absolute atomic E-state index is 11.3. The van der Waals surface area contributed by atoms with Gasteiger partial charge in [0, 0.05) is 0 Å². The summed E-state index contributed by atoms with van der Waals surface area (Å²) in [7, 11) is -2.85. The maximum Gasteiger partial charge on any atom is 0.201 e. The molecule has 0 aliphatic rings. The normalized spacial score (nSPS) is 15.8. The zero-order valence-electron chi connectivity index (χ0n) is 10.4. The molecule has 1 unspecified atom stereocenters. The fourth-order valence-corrected chi connectivity index (χ4v) is 13.2. The van der Waals surface area contributed by atoms with E-state index in [0.717, 1.165) is 0 Å². The molecule has 0 saturated heterocycles. The second kappa shape index (κ2) is 4.51. The summed E-state index contributed by atoms with van der Waals surface area (Å²) in [6.07, 6.45) is 0. The molecule has 0 N–H and O–H groups in total. The lowest BCUT2D eigenvalue weighted by molar-refractivity contribution is -0.113. The SMILES string of the molecule is CC(C(=O)S)N([Si](C)(C)C)[Si](C)(C)C. The van der Waals surface area contributed by atoms with Crippen LogP contribution in [-0.4, -0.2) is 31.9 Å². The van der Waals surface area contributed by atoms with Crippen molar-refractivity contribution < 1.29 is 4.79 Å². The zero-order chi connectivity index (χ0) is 11.7. The lowest BCUT2D eigenvalue weighted by atomic mass is 10.4. The minimum Gasteiger partial charge on any atom is -0.336 e. The Morgan fingerprint density at radius 2 is 1.36 bits per heavy atom. The second-order valence-electron chi connectivity index (χ2n) is 5.73. The Morgan fingerprint density at radius 3 is 1.43 bits per heavy atom. The van der Waals surface area contributed by atoms with Crippen molar-refractivity contribution in [2.75, 3.05) is 0 Å². The molecule has 0 heterocycles. The van der Waals surface area contributed by atoms with E-state index in [-0.39, 0.29) is 11.2 Å². The van der Waals surface area contributed by atoms with Crippen molar-refractivity contribution >= 4 is 34.2 Å². The highest BCUT2D eigenvalue weighted by Crippen LogP contribution is 2.23. The van der Waals surface area contributed by atoms with Gasteiger partial charge in [-0.15, -0.1) is 12.6 Å². The summed E-state index contributed by atoms with van der Waals surface area (Å²) < 4.78 is 2.47. The lowest BCUT2D eigenvalue weighted by Gasteiger charge is -2.46. The Bertz CT molecular complexity index is 206. The molecule has 5 heteroatoms. The van der Waals surface area contributed by atoms with Crippen molar-refractivity contribution in [1.82, 2.24) is 4.23 Å². The van der Waals surface area contributed by atoms with Gasteiger partial charge in [0.15, 0.2) is 0 Å². The molecule has 0 aromatic carbocycles. The van der Waals surface area contributed by atoms with Gasteiger partial charge in [0.05, 0.1) is 6.04 Å². The van der Waals surface area contributed by atoms with Crippen molar-refractivity contribution in [2.45, 2.75) is 52.2 Å². The van der Waals surface area contributed by atoms with Gasteiger partial charge in [-0.3, -0.25) is 4.79 Å². The molecule has 0 aliphatic heterocycles. The summed E-state index contributed by atoms with van der Waals surface area (Å²) in [5, 5.41) is -0.00477. The zero-order valence-corrected chi connectivity index (χ0v) is 13.3. The fraction of sp³-hybridized carbons (Fsp3) is 0.889. The van der Waals surface area contributed by atoms with Crippen LogP contribution in [0.25, 0.3) is 0 Å². The van der Waals surface area contributed by atoms with E-state index in [4.69, 9.17) is 0 Å². The first kappa shape index (κ1) is 14.4.